The highest BCUT2D eigenvalue weighted by Crippen LogP contribution is 2.30. The zero-order valence-corrected chi connectivity index (χ0v) is 16.0. The van der Waals surface area contributed by atoms with Crippen LogP contribution in [-0.4, -0.2) is 59.4 Å². The quantitative estimate of drug-likeness (QED) is 0.903. The van der Waals surface area contributed by atoms with Crippen LogP contribution in [0.3, 0.4) is 0 Å². The number of hydrogen-bond donors (Lipinski definition) is 1. The maximum absolute atomic E-state index is 13.0. The molecule has 0 radical (unpaired) electrons. The standard InChI is InChI=1S/C20H30N4O2/c1-3-21-20(26)24-13-9-16(10-14-24)18-17(8-7-15(2)22-18)19(25)23-11-5-4-6-12-23/h7-8,16H,3-6,9-14H2,1-2H3,(H,21,26). The summed E-state index contributed by atoms with van der Waals surface area (Å²) in [5.41, 5.74) is 2.63. The molecule has 2 aliphatic heterocycles. The van der Waals surface area contributed by atoms with Crippen LogP contribution >= 0.6 is 0 Å². The first kappa shape index (κ1) is 18.7. The Morgan fingerprint density at radius 3 is 2.42 bits per heavy atom. The summed E-state index contributed by atoms with van der Waals surface area (Å²) in [6.07, 6.45) is 5.10. The number of piperidine rings is 2. The lowest BCUT2D eigenvalue weighted by Crippen LogP contribution is -2.44. The molecule has 2 saturated heterocycles. The van der Waals surface area contributed by atoms with Crippen LogP contribution in [0, 0.1) is 6.92 Å². The SMILES string of the molecule is CCNC(=O)N1CCC(c2nc(C)ccc2C(=O)N2CCCCC2)CC1. The Hall–Kier alpha value is -2.11. The number of carbonyl (C=O) groups excluding carboxylic acids is 2. The van der Waals surface area contributed by atoms with Crippen LogP contribution in [0.25, 0.3) is 0 Å². The summed E-state index contributed by atoms with van der Waals surface area (Å²) >= 11 is 0. The van der Waals surface area contributed by atoms with Gasteiger partial charge in [0.25, 0.3) is 5.91 Å². The zero-order chi connectivity index (χ0) is 18.5. The number of nitrogens with one attached hydrogen (secondary N) is 1. The molecule has 2 aliphatic rings. The number of likely N-dealkylation sites (tertiary alicyclic amines) is 2. The van der Waals surface area contributed by atoms with Crippen molar-refractivity contribution in [3.8, 4) is 0 Å². The second kappa shape index (κ2) is 8.52. The average molecular weight is 358 g/mol. The van der Waals surface area contributed by atoms with E-state index < -0.39 is 0 Å². The van der Waals surface area contributed by atoms with Crippen molar-refractivity contribution in [2.24, 2.45) is 0 Å². The van der Waals surface area contributed by atoms with Gasteiger partial charge in [0.1, 0.15) is 0 Å². The molecule has 142 valence electrons. The number of amides is 3. The van der Waals surface area contributed by atoms with Crippen molar-refractivity contribution in [1.29, 1.82) is 0 Å². The summed E-state index contributed by atoms with van der Waals surface area (Å²) in [6, 6.07) is 3.89. The Balaban J connectivity index is 1.74. The fourth-order valence-corrected chi connectivity index (χ4v) is 3.96. The van der Waals surface area contributed by atoms with E-state index in [-0.39, 0.29) is 17.9 Å². The van der Waals surface area contributed by atoms with E-state index in [4.69, 9.17) is 4.98 Å². The maximum Gasteiger partial charge on any atom is 0.317 e. The summed E-state index contributed by atoms with van der Waals surface area (Å²) in [4.78, 5) is 33.6. The lowest BCUT2D eigenvalue weighted by atomic mass is 9.89. The van der Waals surface area contributed by atoms with E-state index >= 15 is 0 Å². The molecular weight excluding hydrogens is 328 g/mol. The molecule has 0 spiro atoms. The Bertz CT molecular complexity index is 647. The number of aromatic nitrogens is 1. The molecule has 0 aromatic carbocycles. The fourth-order valence-electron chi connectivity index (χ4n) is 3.96. The summed E-state index contributed by atoms with van der Waals surface area (Å²) in [6.45, 7) is 7.67. The van der Waals surface area contributed by atoms with Gasteiger partial charge in [0, 0.05) is 44.3 Å². The number of urea groups is 1. The number of rotatable bonds is 3. The van der Waals surface area contributed by atoms with Crippen LogP contribution in [0.4, 0.5) is 4.79 Å². The predicted octanol–water partition coefficient (Wildman–Crippen LogP) is 2.93. The number of aryl methyl sites for hydroxylation is 1. The minimum atomic E-state index is 0.00719. The van der Waals surface area contributed by atoms with Gasteiger partial charge >= 0.3 is 6.03 Å². The van der Waals surface area contributed by atoms with Gasteiger partial charge in [-0.3, -0.25) is 9.78 Å². The molecule has 6 heteroatoms. The van der Waals surface area contributed by atoms with Crippen LogP contribution in [0.1, 0.15) is 66.7 Å². The van der Waals surface area contributed by atoms with Crippen LogP contribution < -0.4 is 5.32 Å². The second-order valence-corrected chi connectivity index (χ2v) is 7.34. The molecular formula is C20H30N4O2. The van der Waals surface area contributed by atoms with Crippen LogP contribution in [0.5, 0.6) is 0 Å². The van der Waals surface area contributed by atoms with Crippen molar-refractivity contribution in [2.75, 3.05) is 32.7 Å². The van der Waals surface area contributed by atoms with Crippen molar-refractivity contribution in [3.63, 3.8) is 0 Å². The highest BCUT2D eigenvalue weighted by atomic mass is 16.2. The third kappa shape index (κ3) is 4.17. The number of pyridine rings is 1. The molecule has 1 aromatic heterocycles. The minimum absolute atomic E-state index is 0.00719. The first-order chi connectivity index (χ1) is 12.6. The lowest BCUT2D eigenvalue weighted by Gasteiger charge is -2.33. The van der Waals surface area contributed by atoms with E-state index in [1.165, 1.54) is 6.42 Å². The lowest BCUT2D eigenvalue weighted by molar-refractivity contribution is 0.0721. The van der Waals surface area contributed by atoms with Crippen molar-refractivity contribution in [1.82, 2.24) is 20.1 Å². The zero-order valence-electron chi connectivity index (χ0n) is 16.0. The molecule has 26 heavy (non-hydrogen) atoms. The van der Waals surface area contributed by atoms with Gasteiger partial charge in [-0.1, -0.05) is 0 Å². The van der Waals surface area contributed by atoms with Gasteiger partial charge in [0.2, 0.25) is 0 Å². The van der Waals surface area contributed by atoms with E-state index in [1.807, 2.05) is 35.8 Å². The van der Waals surface area contributed by atoms with Gasteiger partial charge in [0.05, 0.1) is 11.3 Å². The topological polar surface area (TPSA) is 65.5 Å². The molecule has 0 unspecified atom stereocenters. The van der Waals surface area contributed by atoms with Crippen LogP contribution in [-0.2, 0) is 0 Å². The molecule has 1 N–H and O–H groups in total. The normalized spacial score (nSPS) is 18.7. The van der Waals surface area contributed by atoms with E-state index in [1.54, 1.807) is 0 Å². The van der Waals surface area contributed by atoms with E-state index in [9.17, 15) is 9.59 Å². The molecule has 0 aliphatic carbocycles. The summed E-state index contributed by atoms with van der Waals surface area (Å²) in [5.74, 6) is 0.364. The third-order valence-corrected chi connectivity index (χ3v) is 5.43. The first-order valence-corrected chi connectivity index (χ1v) is 9.89. The van der Waals surface area contributed by atoms with Crippen molar-refractivity contribution in [3.05, 3.63) is 29.1 Å². The molecule has 6 nitrogen and oxygen atoms in total. The Kier molecular flexibility index (Phi) is 6.12. The number of hydrogen-bond acceptors (Lipinski definition) is 3. The van der Waals surface area contributed by atoms with E-state index in [2.05, 4.69) is 5.32 Å². The highest BCUT2D eigenvalue weighted by molar-refractivity contribution is 5.95. The van der Waals surface area contributed by atoms with Gasteiger partial charge in [-0.05, 0) is 58.1 Å². The largest absolute Gasteiger partial charge is 0.339 e. The van der Waals surface area contributed by atoms with Gasteiger partial charge in [-0.2, -0.15) is 0 Å². The summed E-state index contributed by atoms with van der Waals surface area (Å²) in [5, 5.41) is 2.86. The van der Waals surface area contributed by atoms with Gasteiger partial charge in [0.15, 0.2) is 0 Å². The summed E-state index contributed by atoms with van der Waals surface area (Å²) < 4.78 is 0. The molecule has 3 heterocycles. The van der Waals surface area contributed by atoms with Crippen molar-refractivity contribution < 1.29 is 9.59 Å². The van der Waals surface area contributed by atoms with E-state index in [0.29, 0.717) is 19.6 Å². The molecule has 1 aromatic rings. The van der Waals surface area contributed by atoms with Crippen LogP contribution in [0.2, 0.25) is 0 Å². The van der Waals surface area contributed by atoms with Crippen molar-refractivity contribution in [2.45, 2.75) is 51.9 Å². The fraction of sp³-hybridized carbons (Fsp3) is 0.650. The monoisotopic (exact) mass is 358 g/mol. The smallest absolute Gasteiger partial charge is 0.317 e. The predicted molar refractivity (Wildman–Crippen MR) is 101 cm³/mol. The van der Waals surface area contributed by atoms with Gasteiger partial charge < -0.3 is 15.1 Å². The van der Waals surface area contributed by atoms with Crippen molar-refractivity contribution >= 4 is 11.9 Å². The Morgan fingerprint density at radius 1 is 1.08 bits per heavy atom. The van der Waals surface area contributed by atoms with Gasteiger partial charge in [-0.15, -0.1) is 0 Å². The first-order valence-electron chi connectivity index (χ1n) is 9.89. The van der Waals surface area contributed by atoms with Gasteiger partial charge in [-0.25, -0.2) is 4.79 Å². The molecule has 3 amide bonds. The highest BCUT2D eigenvalue weighted by Gasteiger charge is 2.29. The number of carbonyl (C=O) groups is 2. The number of nitrogens with zero attached hydrogens (tertiary/aromatic N) is 3. The summed E-state index contributed by atoms with van der Waals surface area (Å²) in [7, 11) is 0. The van der Waals surface area contributed by atoms with Crippen LogP contribution in [0.15, 0.2) is 12.1 Å². The Morgan fingerprint density at radius 2 is 1.77 bits per heavy atom. The minimum Gasteiger partial charge on any atom is -0.339 e. The molecule has 0 bridgehead atoms. The Labute approximate surface area is 156 Å². The molecule has 0 atom stereocenters. The molecule has 0 saturated carbocycles. The maximum atomic E-state index is 13.0. The molecule has 2 fully saturated rings. The average Bonchev–Trinajstić information content (AvgIpc) is 2.68. The second-order valence-electron chi connectivity index (χ2n) is 7.34. The third-order valence-electron chi connectivity index (χ3n) is 5.43. The van der Waals surface area contributed by atoms with E-state index in [0.717, 1.165) is 55.7 Å². The molecule has 3 rings (SSSR count).